The molecule has 1 aliphatic heterocycles. The minimum Gasteiger partial charge on any atom is -0.373 e. The van der Waals surface area contributed by atoms with Crippen molar-refractivity contribution in [2.45, 2.75) is 19.3 Å². The molecule has 34 heavy (non-hydrogen) atoms. The van der Waals surface area contributed by atoms with Gasteiger partial charge in [0.05, 0.1) is 11.4 Å². The summed E-state index contributed by atoms with van der Waals surface area (Å²) in [6.45, 7) is 2.53. The van der Waals surface area contributed by atoms with E-state index in [-0.39, 0.29) is 6.17 Å². The van der Waals surface area contributed by atoms with Crippen LogP contribution in [0, 0.1) is 0 Å². The molecule has 0 spiro atoms. The van der Waals surface area contributed by atoms with Crippen LogP contribution in [0.2, 0.25) is 0 Å². The quantitative estimate of drug-likeness (QED) is 0.256. The smallest absolute Gasteiger partial charge is 0.129 e. The molecule has 0 fully saturated rings. The lowest BCUT2D eigenvalue weighted by molar-refractivity contribution is 0.603. The minimum absolute atomic E-state index is 0.102. The Labute approximate surface area is 207 Å². The van der Waals surface area contributed by atoms with Gasteiger partial charge in [0, 0.05) is 38.2 Å². The first-order chi connectivity index (χ1) is 16.7. The highest BCUT2D eigenvalue weighted by molar-refractivity contribution is 6.18. The van der Waals surface area contributed by atoms with Gasteiger partial charge in [-0.15, -0.1) is 11.6 Å². The Morgan fingerprint density at radius 3 is 1.59 bits per heavy atom. The van der Waals surface area contributed by atoms with Crippen molar-refractivity contribution >= 4 is 28.7 Å². The van der Waals surface area contributed by atoms with Gasteiger partial charge in [0.15, 0.2) is 0 Å². The first kappa shape index (κ1) is 22.4. The summed E-state index contributed by atoms with van der Waals surface area (Å²) in [5.41, 5.74) is 7.63. The van der Waals surface area contributed by atoms with Gasteiger partial charge >= 0.3 is 0 Å². The standard InChI is InChI=1S/C30H30ClN3/c1-32(21-20-31)27-18-16-26(17-19-27)30-33(22-24-10-4-2-5-11-24)28-14-8-9-15-29(28)34(30)23-25-12-6-3-7-13-25/h2-19,30H,20-23H2,1H3. The van der Waals surface area contributed by atoms with Gasteiger partial charge in [-0.05, 0) is 41.0 Å². The van der Waals surface area contributed by atoms with E-state index >= 15 is 0 Å². The predicted octanol–water partition coefficient (Wildman–Crippen LogP) is 7.09. The second kappa shape index (κ2) is 10.2. The number of halogens is 1. The van der Waals surface area contributed by atoms with E-state index in [2.05, 4.69) is 131 Å². The van der Waals surface area contributed by atoms with E-state index in [1.807, 2.05) is 0 Å². The molecule has 0 saturated carbocycles. The SMILES string of the molecule is CN(CCCl)c1ccc(C2N(Cc3ccccc3)c3ccccc3N2Cc2ccccc2)cc1. The van der Waals surface area contributed by atoms with Crippen molar-refractivity contribution in [2.75, 3.05) is 34.2 Å². The molecular weight excluding hydrogens is 438 g/mol. The van der Waals surface area contributed by atoms with Crippen LogP contribution in [0.4, 0.5) is 17.1 Å². The highest BCUT2D eigenvalue weighted by Crippen LogP contribution is 2.47. The zero-order valence-electron chi connectivity index (χ0n) is 19.5. The molecule has 5 rings (SSSR count). The van der Waals surface area contributed by atoms with Crippen molar-refractivity contribution in [3.05, 3.63) is 126 Å². The zero-order chi connectivity index (χ0) is 23.3. The van der Waals surface area contributed by atoms with E-state index < -0.39 is 0 Å². The molecule has 0 N–H and O–H groups in total. The lowest BCUT2D eigenvalue weighted by Gasteiger charge is -2.34. The number of alkyl halides is 1. The van der Waals surface area contributed by atoms with Crippen molar-refractivity contribution in [1.82, 2.24) is 0 Å². The van der Waals surface area contributed by atoms with Crippen LogP contribution in [0.15, 0.2) is 109 Å². The van der Waals surface area contributed by atoms with Gasteiger partial charge in [0.1, 0.15) is 6.17 Å². The maximum absolute atomic E-state index is 5.97. The molecule has 0 bridgehead atoms. The van der Waals surface area contributed by atoms with E-state index in [0.29, 0.717) is 5.88 Å². The minimum atomic E-state index is 0.102. The highest BCUT2D eigenvalue weighted by atomic mass is 35.5. The maximum atomic E-state index is 5.97. The van der Waals surface area contributed by atoms with Gasteiger partial charge in [0.25, 0.3) is 0 Å². The van der Waals surface area contributed by atoms with E-state index in [0.717, 1.165) is 19.6 Å². The number of fused-ring (bicyclic) bond motifs is 1. The molecule has 1 aliphatic rings. The molecule has 172 valence electrons. The molecular formula is C30H30ClN3. The number of benzene rings is 4. The Morgan fingerprint density at radius 1 is 0.647 bits per heavy atom. The second-order valence-electron chi connectivity index (χ2n) is 8.79. The van der Waals surface area contributed by atoms with E-state index in [1.54, 1.807) is 0 Å². The molecule has 0 amide bonds. The zero-order valence-corrected chi connectivity index (χ0v) is 20.3. The van der Waals surface area contributed by atoms with Crippen molar-refractivity contribution in [3.8, 4) is 0 Å². The predicted molar refractivity (Wildman–Crippen MR) is 145 cm³/mol. The third kappa shape index (κ3) is 4.62. The van der Waals surface area contributed by atoms with Gasteiger partial charge in [-0.25, -0.2) is 0 Å². The van der Waals surface area contributed by atoms with E-state index in [4.69, 9.17) is 11.6 Å². The number of para-hydroxylation sites is 2. The van der Waals surface area contributed by atoms with Crippen LogP contribution < -0.4 is 14.7 Å². The fourth-order valence-corrected chi connectivity index (χ4v) is 5.06. The van der Waals surface area contributed by atoms with Crippen LogP contribution in [0.5, 0.6) is 0 Å². The average Bonchev–Trinajstić information content (AvgIpc) is 3.18. The van der Waals surface area contributed by atoms with Crippen LogP contribution in [-0.2, 0) is 13.1 Å². The van der Waals surface area contributed by atoms with Crippen LogP contribution >= 0.6 is 11.6 Å². The summed E-state index contributed by atoms with van der Waals surface area (Å²) in [6.07, 6.45) is 0.102. The van der Waals surface area contributed by atoms with Gasteiger partial charge in [-0.3, -0.25) is 0 Å². The van der Waals surface area contributed by atoms with Gasteiger partial charge in [-0.1, -0.05) is 84.9 Å². The summed E-state index contributed by atoms with van der Waals surface area (Å²) in [7, 11) is 2.09. The van der Waals surface area contributed by atoms with Gasteiger partial charge in [0.2, 0.25) is 0 Å². The Morgan fingerprint density at radius 2 is 1.12 bits per heavy atom. The third-order valence-corrected chi connectivity index (χ3v) is 6.70. The molecule has 0 radical (unpaired) electrons. The van der Waals surface area contributed by atoms with Gasteiger partial charge in [-0.2, -0.15) is 0 Å². The molecule has 0 saturated heterocycles. The Hall–Kier alpha value is -3.43. The number of hydrogen-bond acceptors (Lipinski definition) is 3. The lowest BCUT2D eigenvalue weighted by atomic mass is 10.1. The van der Waals surface area contributed by atoms with Crippen LogP contribution in [0.3, 0.4) is 0 Å². The summed E-state index contributed by atoms with van der Waals surface area (Å²) < 4.78 is 0. The van der Waals surface area contributed by atoms with Crippen LogP contribution in [-0.4, -0.2) is 19.5 Å². The second-order valence-corrected chi connectivity index (χ2v) is 9.17. The Balaban J connectivity index is 1.56. The molecule has 0 aromatic heterocycles. The average molecular weight is 468 g/mol. The Kier molecular flexibility index (Phi) is 6.73. The molecule has 3 nitrogen and oxygen atoms in total. The van der Waals surface area contributed by atoms with Crippen molar-refractivity contribution in [1.29, 1.82) is 0 Å². The number of hydrogen-bond donors (Lipinski definition) is 0. The monoisotopic (exact) mass is 467 g/mol. The summed E-state index contributed by atoms with van der Waals surface area (Å²) >= 11 is 5.97. The lowest BCUT2D eigenvalue weighted by Crippen LogP contribution is -2.35. The first-order valence-electron chi connectivity index (χ1n) is 11.8. The van der Waals surface area contributed by atoms with Crippen LogP contribution in [0.25, 0.3) is 0 Å². The van der Waals surface area contributed by atoms with E-state index in [9.17, 15) is 0 Å². The number of anilines is 3. The number of rotatable bonds is 8. The normalized spacial score (nSPS) is 13.2. The van der Waals surface area contributed by atoms with Crippen molar-refractivity contribution in [3.63, 3.8) is 0 Å². The first-order valence-corrected chi connectivity index (χ1v) is 12.4. The fraction of sp³-hybridized carbons (Fsp3) is 0.200. The molecule has 4 aromatic rings. The molecule has 0 atom stereocenters. The maximum Gasteiger partial charge on any atom is 0.129 e. The van der Waals surface area contributed by atoms with Crippen LogP contribution in [0.1, 0.15) is 22.9 Å². The molecule has 1 heterocycles. The largest absolute Gasteiger partial charge is 0.373 e. The molecule has 4 heteroatoms. The van der Waals surface area contributed by atoms with Crippen molar-refractivity contribution in [2.24, 2.45) is 0 Å². The highest BCUT2D eigenvalue weighted by Gasteiger charge is 2.36. The summed E-state index contributed by atoms with van der Waals surface area (Å²) in [4.78, 5) is 7.26. The fourth-order valence-electron chi connectivity index (χ4n) is 4.80. The summed E-state index contributed by atoms with van der Waals surface area (Å²) in [5.74, 6) is 0.617. The van der Waals surface area contributed by atoms with Crippen molar-refractivity contribution < 1.29 is 0 Å². The molecule has 0 aliphatic carbocycles. The van der Waals surface area contributed by atoms with Gasteiger partial charge < -0.3 is 14.7 Å². The summed E-state index contributed by atoms with van der Waals surface area (Å²) in [5, 5.41) is 0. The summed E-state index contributed by atoms with van der Waals surface area (Å²) in [6, 6.07) is 39.2. The van der Waals surface area contributed by atoms with E-state index in [1.165, 1.54) is 33.8 Å². The molecule has 0 unspecified atom stereocenters. The third-order valence-electron chi connectivity index (χ3n) is 6.53. The molecule has 4 aromatic carbocycles. The Bertz CT molecular complexity index is 1130. The topological polar surface area (TPSA) is 9.72 Å². The number of nitrogens with zero attached hydrogens (tertiary/aromatic N) is 3.